The third-order valence-electron chi connectivity index (χ3n) is 4.07. The SMILES string of the molecule is CC1(c2cc(Nc3ccccc3OCCF)ccc2F)COCC(N)=N1. The zero-order valence-corrected chi connectivity index (χ0v) is 14.5. The molecule has 5 nitrogen and oxygen atoms in total. The fourth-order valence-corrected chi connectivity index (χ4v) is 2.89. The van der Waals surface area contributed by atoms with Crippen molar-refractivity contribution in [3.8, 4) is 5.75 Å². The number of amidine groups is 1. The number of nitrogens with zero attached hydrogens (tertiary/aromatic N) is 1. The Balaban J connectivity index is 1.91. The van der Waals surface area contributed by atoms with Gasteiger partial charge in [-0.3, -0.25) is 4.99 Å². The van der Waals surface area contributed by atoms with Crippen LogP contribution < -0.4 is 15.8 Å². The Morgan fingerprint density at radius 3 is 2.88 bits per heavy atom. The highest BCUT2D eigenvalue weighted by Gasteiger charge is 2.32. The number of anilines is 2. The number of halogens is 2. The molecular weight excluding hydrogens is 340 g/mol. The number of nitrogens with two attached hydrogens (primary N) is 1. The van der Waals surface area contributed by atoms with Gasteiger partial charge in [-0.2, -0.15) is 0 Å². The fraction of sp³-hybridized carbons (Fsp3) is 0.316. The maximum absolute atomic E-state index is 14.5. The van der Waals surface area contributed by atoms with Gasteiger partial charge in [0.15, 0.2) is 0 Å². The first-order valence-corrected chi connectivity index (χ1v) is 8.28. The minimum Gasteiger partial charge on any atom is -0.489 e. The summed E-state index contributed by atoms with van der Waals surface area (Å²) in [6.45, 7) is 1.65. The number of rotatable bonds is 6. The standard InChI is InChI=1S/C19H21F2N3O2/c1-19(12-25-11-18(22)24-19)14-10-13(6-7-15(14)21)23-16-4-2-3-5-17(16)26-9-8-20/h2-7,10,23H,8-9,11-12H2,1H3,(H2,22,24). The molecule has 0 radical (unpaired) electrons. The Bertz CT molecular complexity index is 813. The number of hydrogen-bond donors (Lipinski definition) is 2. The molecular formula is C19H21F2N3O2. The number of aliphatic imine (C=N–C) groups is 1. The molecule has 0 aromatic heterocycles. The van der Waals surface area contributed by atoms with Crippen LogP contribution in [-0.2, 0) is 10.3 Å². The number of alkyl halides is 1. The summed E-state index contributed by atoms with van der Waals surface area (Å²) in [7, 11) is 0. The van der Waals surface area contributed by atoms with Crippen LogP contribution in [0.25, 0.3) is 0 Å². The van der Waals surface area contributed by atoms with E-state index in [2.05, 4.69) is 10.3 Å². The molecule has 0 amide bonds. The highest BCUT2D eigenvalue weighted by atomic mass is 19.1. The third-order valence-corrected chi connectivity index (χ3v) is 4.07. The van der Waals surface area contributed by atoms with E-state index in [1.165, 1.54) is 6.07 Å². The Kier molecular flexibility index (Phi) is 5.37. The molecule has 1 unspecified atom stereocenters. The predicted molar refractivity (Wildman–Crippen MR) is 97.4 cm³/mol. The van der Waals surface area contributed by atoms with Crippen molar-refractivity contribution < 1.29 is 18.3 Å². The zero-order valence-electron chi connectivity index (χ0n) is 14.5. The molecule has 138 valence electrons. The van der Waals surface area contributed by atoms with Gasteiger partial charge in [-0.25, -0.2) is 8.78 Å². The summed E-state index contributed by atoms with van der Waals surface area (Å²) in [6, 6.07) is 11.8. The van der Waals surface area contributed by atoms with Crippen molar-refractivity contribution in [2.75, 3.05) is 31.8 Å². The first-order valence-electron chi connectivity index (χ1n) is 8.28. The summed E-state index contributed by atoms with van der Waals surface area (Å²) < 4.78 is 37.7. The lowest BCUT2D eigenvalue weighted by Gasteiger charge is -2.30. The molecule has 0 fully saturated rings. The molecule has 2 aromatic rings. The quantitative estimate of drug-likeness (QED) is 0.826. The molecule has 0 saturated carbocycles. The lowest BCUT2D eigenvalue weighted by Crippen LogP contribution is -2.38. The highest BCUT2D eigenvalue weighted by Crippen LogP contribution is 2.34. The second kappa shape index (κ2) is 7.70. The predicted octanol–water partition coefficient (Wildman–Crippen LogP) is 3.52. The van der Waals surface area contributed by atoms with E-state index in [4.69, 9.17) is 15.2 Å². The molecule has 2 aromatic carbocycles. The Labute approximate surface area is 150 Å². The van der Waals surface area contributed by atoms with Crippen LogP contribution in [-0.4, -0.2) is 32.3 Å². The van der Waals surface area contributed by atoms with E-state index >= 15 is 0 Å². The van der Waals surface area contributed by atoms with Gasteiger partial charge in [0.05, 0.1) is 12.3 Å². The van der Waals surface area contributed by atoms with Crippen molar-refractivity contribution in [1.29, 1.82) is 0 Å². The molecule has 3 rings (SSSR count). The van der Waals surface area contributed by atoms with Gasteiger partial charge in [0.1, 0.15) is 42.8 Å². The maximum Gasteiger partial charge on any atom is 0.142 e. The van der Waals surface area contributed by atoms with Crippen LogP contribution in [0.1, 0.15) is 12.5 Å². The first kappa shape index (κ1) is 18.1. The van der Waals surface area contributed by atoms with Crippen LogP contribution in [0.3, 0.4) is 0 Å². The zero-order chi connectivity index (χ0) is 18.6. The van der Waals surface area contributed by atoms with Gasteiger partial charge in [-0.15, -0.1) is 0 Å². The second-order valence-corrected chi connectivity index (χ2v) is 6.22. The molecule has 1 aliphatic rings. The molecule has 0 bridgehead atoms. The molecule has 1 aliphatic heterocycles. The fourth-order valence-electron chi connectivity index (χ4n) is 2.89. The summed E-state index contributed by atoms with van der Waals surface area (Å²) in [5.41, 5.74) is 6.56. The van der Waals surface area contributed by atoms with Crippen molar-refractivity contribution in [3.05, 3.63) is 53.8 Å². The van der Waals surface area contributed by atoms with Crippen molar-refractivity contribution in [3.63, 3.8) is 0 Å². The van der Waals surface area contributed by atoms with Gasteiger partial charge < -0.3 is 20.5 Å². The first-order chi connectivity index (χ1) is 12.5. The van der Waals surface area contributed by atoms with Gasteiger partial charge in [0.25, 0.3) is 0 Å². The average Bonchev–Trinajstić information content (AvgIpc) is 2.62. The molecule has 0 aliphatic carbocycles. The number of para-hydroxylation sites is 2. The van der Waals surface area contributed by atoms with E-state index in [-0.39, 0.29) is 25.6 Å². The van der Waals surface area contributed by atoms with Crippen LogP contribution >= 0.6 is 0 Å². The van der Waals surface area contributed by atoms with Crippen molar-refractivity contribution in [1.82, 2.24) is 0 Å². The summed E-state index contributed by atoms with van der Waals surface area (Å²) in [4.78, 5) is 4.39. The topological polar surface area (TPSA) is 68.9 Å². The summed E-state index contributed by atoms with van der Waals surface area (Å²) in [5, 5.41) is 3.18. The summed E-state index contributed by atoms with van der Waals surface area (Å²) in [5.74, 6) is 0.467. The largest absolute Gasteiger partial charge is 0.489 e. The Morgan fingerprint density at radius 1 is 1.31 bits per heavy atom. The maximum atomic E-state index is 14.5. The normalized spacial score (nSPS) is 19.7. The third kappa shape index (κ3) is 3.94. The Morgan fingerprint density at radius 2 is 2.12 bits per heavy atom. The van der Waals surface area contributed by atoms with Crippen LogP contribution in [0.15, 0.2) is 47.5 Å². The van der Waals surface area contributed by atoms with Crippen LogP contribution in [0.2, 0.25) is 0 Å². The molecule has 1 atom stereocenters. The van der Waals surface area contributed by atoms with Gasteiger partial charge in [-0.05, 0) is 37.3 Å². The number of hydrogen-bond acceptors (Lipinski definition) is 5. The lowest BCUT2D eigenvalue weighted by molar-refractivity contribution is 0.104. The van der Waals surface area contributed by atoms with E-state index in [9.17, 15) is 8.78 Å². The van der Waals surface area contributed by atoms with E-state index in [0.717, 1.165) is 0 Å². The molecule has 0 spiro atoms. The molecule has 3 N–H and O–H groups in total. The lowest BCUT2D eigenvalue weighted by atomic mass is 9.91. The van der Waals surface area contributed by atoms with E-state index in [1.54, 1.807) is 37.3 Å². The minimum absolute atomic E-state index is 0.0310. The minimum atomic E-state index is -0.894. The van der Waals surface area contributed by atoms with E-state index < -0.39 is 12.2 Å². The van der Waals surface area contributed by atoms with Crippen molar-refractivity contribution >= 4 is 17.2 Å². The Hall–Kier alpha value is -2.67. The second-order valence-electron chi connectivity index (χ2n) is 6.22. The van der Waals surface area contributed by atoms with Crippen LogP contribution in [0.5, 0.6) is 5.75 Å². The highest BCUT2D eigenvalue weighted by molar-refractivity contribution is 5.82. The molecule has 1 heterocycles. The number of ether oxygens (including phenoxy) is 2. The van der Waals surface area contributed by atoms with Crippen LogP contribution in [0, 0.1) is 5.82 Å². The van der Waals surface area contributed by atoms with Gasteiger partial charge in [0, 0.05) is 11.3 Å². The monoisotopic (exact) mass is 361 g/mol. The summed E-state index contributed by atoms with van der Waals surface area (Å²) >= 11 is 0. The average molecular weight is 361 g/mol. The van der Waals surface area contributed by atoms with E-state index in [0.29, 0.717) is 28.5 Å². The number of benzene rings is 2. The molecule has 26 heavy (non-hydrogen) atoms. The summed E-state index contributed by atoms with van der Waals surface area (Å²) in [6.07, 6.45) is 0. The van der Waals surface area contributed by atoms with Gasteiger partial charge >= 0.3 is 0 Å². The van der Waals surface area contributed by atoms with Crippen molar-refractivity contribution in [2.45, 2.75) is 12.5 Å². The molecule has 0 saturated heterocycles. The van der Waals surface area contributed by atoms with Crippen LogP contribution in [0.4, 0.5) is 20.2 Å². The van der Waals surface area contributed by atoms with Crippen molar-refractivity contribution in [2.24, 2.45) is 10.7 Å². The van der Waals surface area contributed by atoms with Gasteiger partial charge in [-0.1, -0.05) is 12.1 Å². The smallest absolute Gasteiger partial charge is 0.142 e. The number of nitrogens with one attached hydrogen (secondary N) is 1. The molecule has 7 heteroatoms. The van der Waals surface area contributed by atoms with E-state index in [1.807, 2.05) is 6.07 Å². The van der Waals surface area contributed by atoms with Gasteiger partial charge in [0.2, 0.25) is 0 Å².